The number of H-pyrrole nitrogens is 1. The molecule has 1 aliphatic rings. The number of nitrogens with two attached hydrogens (primary N) is 2. The Morgan fingerprint density at radius 2 is 2.07 bits per heavy atom. The molecule has 1 aliphatic heterocycles. The highest BCUT2D eigenvalue weighted by Gasteiger charge is 2.34. The Balaban J connectivity index is 2.12. The number of unbranched alkanes of at least 4 members (excludes halogenated alkanes) is 1. The lowest BCUT2D eigenvalue weighted by atomic mass is 10.1. The number of aldehydes is 1. The highest BCUT2D eigenvalue weighted by molar-refractivity contribution is 5.93. The predicted molar refractivity (Wildman–Crippen MR) is 109 cm³/mol. The van der Waals surface area contributed by atoms with E-state index in [1.807, 2.05) is 0 Å². The molecule has 0 aromatic carbocycles. The molecular formula is C19H31N7O4. The van der Waals surface area contributed by atoms with Crippen LogP contribution in [-0.4, -0.2) is 76.6 Å². The normalized spacial score (nSPS) is 17.9. The number of hydrogen-bond donors (Lipinski definition) is 5. The number of amides is 3. The minimum atomic E-state index is -0.924. The van der Waals surface area contributed by atoms with Gasteiger partial charge in [0, 0.05) is 24.9 Å². The molecule has 0 radical (unpaired) electrons. The fraction of sp³-hybridized carbons (Fsp3) is 0.632. The molecule has 0 unspecified atom stereocenters. The van der Waals surface area contributed by atoms with Crippen LogP contribution in [0.25, 0.3) is 0 Å². The molecule has 1 aromatic heterocycles. The Kier molecular flexibility index (Phi) is 9.42. The summed E-state index contributed by atoms with van der Waals surface area (Å²) in [5.74, 6) is -1.28. The standard InChI is InChI=1S/C19H31N7O4/c20-6-2-1-5-15(19(30)26-7-3-4-14(26)11-27)25-18(29)16(24-17(28)9-21)8-13-10-22-12-23-13/h10-12,14-16H,1-9,20-21H2,(H,22,23)(H,24,28)(H,25,29)/t14-,15-,16-/m0/s1. The van der Waals surface area contributed by atoms with Crippen molar-refractivity contribution in [1.82, 2.24) is 25.5 Å². The second-order valence-corrected chi connectivity index (χ2v) is 7.33. The molecule has 1 saturated heterocycles. The van der Waals surface area contributed by atoms with Gasteiger partial charge in [-0.25, -0.2) is 4.98 Å². The van der Waals surface area contributed by atoms with Gasteiger partial charge in [-0.1, -0.05) is 0 Å². The van der Waals surface area contributed by atoms with Crippen molar-refractivity contribution in [3.05, 3.63) is 18.2 Å². The highest BCUT2D eigenvalue weighted by atomic mass is 16.2. The maximum absolute atomic E-state index is 13.1. The van der Waals surface area contributed by atoms with E-state index >= 15 is 0 Å². The largest absolute Gasteiger partial charge is 0.348 e. The summed E-state index contributed by atoms with van der Waals surface area (Å²) in [5.41, 5.74) is 11.6. The zero-order chi connectivity index (χ0) is 21.9. The number of aromatic nitrogens is 2. The number of carbonyl (C=O) groups excluding carboxylic acids is 4. The fourth-order valence-electron chi connectivity index (χ4n) is 3.51. The van der Waals surface area contributed by atoms with Gasteiger partial charge < -0.3 is 36.8 Å². The van der Waals surface area contributed by atoms with Gasteiger partial charge in [0.2, 0.25) is 17.7 Å². The molecule has 166 valence electrons. The second kappa shape index (κ2) is 12.0. The Morgan fingerprint density at radius 3 is 2.70 bits per heavy atom. The summed E-state index contributed by atoms with van der Waals surface area (Å²) >= 11 is 0. The van der Waals surface area contributed by atoms with Gasteiger partial charge in [-0.15, -0.1) is 0 Å². The van der Waals surface area contributed by atoms with Crippen molar-refractivity contribution >= 4 is 24.0 Å². The zero-order valence-electron chi connectivity index (χ0n) is 17.0. The molecule has 11 nitrogen and oxygen atoms in total. The third kappa shape index (κ3) is 6.63. The van der Waals surface area contributed by atoms with Crippen molar-refractivity contribution in [2.45, 2.75) is 56.7 Å². The Bertz CT molecular complexity index is 710. The topological polar surface area (TPSA) is 176 Å². The van der Waals surface area contributed by atoms with Crippen LogP contribution in [0.1, 0.15) is 37.8 Å². The number of nitrogens with one attached hydrogen (secondary N) is 3. The summed E-state index contributed by atoms with van der Waals surface area (Å²) in [6, 6.07) is -2.19. The SMILES string of the molecule is NCCCC[C@H](NC(=O)[C@H](Cc1cnc[nH]1)NC(=O)CN)C(=O)N1CCC[C@H]1C=O. The van der Waals surface area contributed by atoms with E-state index in [-0.39, 0.29) is 18.9 Å². The number of likely N-dealkylation sites (tertiary alicyclic amines) is 1. The van der Waals surface area contributed by atoms with Crippen LogP contribution >= 0.6 is 0 Å². The van der Waals surface area contributed by atoms with Crippen LogP contribution in [0.15, 0.2) is 12.5 Å². The summed E-state index contributed by atoms with van der Waals surface area (Å²) in [5, 5.41) is 5.34. The molecule has 1 fully saturated rings. The Morgan fingerprint density at radius 1 is 1.27 bits per heavy atom. The average molecular weight is 422 g/mol. The van der Waals surface area contributed by atoms with E-state index in [2.05, 4.69) is 20.6 Å². The summed E-state index contributed by atoms with van der Waals surface area (Å²) in [6.07, 6.45) is 7.07. The molecule has 3 atom stereocenters. The fourth-order valence-corrected chi connectivity index (χ4v) is 3.51. The van der Waals surface area contributed by atoms with Crippen molar-refractivity contribution in [1.29, 1.82) is 0 Å². The molecule has 0 aliphatic carbocycles. The first-order valence-corrected chi connectivity index (χ1v) is 10.2. The Hall–Kier alpha value is -2.79. The highest BCUT2D eigenvalue weighted by Crippen LogP contribution is 2.18. The summed E-state index contributed by atoms with van der Waals surface area (Å²) in [7, 11) is 0. The third-order valence-corrected chi connectivity index (χ3v) is 5.12. The van der Waals surface area contributed by atoms with Crippen LogP contribution in [0.2, 0.25) is 0 Å². The first kappa shape index (κ1) is 23.5. The number of rotatable bonds is 12. The van der Waals surface area contributed by atoms with Gasteiger partial charge in [-0.2, -0.15) is 0 Å². The van der Waals surface area contributed by atoms with Crippen LogP contribution in [0.4, 0.5) is 0 Å². The van der Waals surface area contributed by atoms with Gasteiger partial charge >= 0.3 is 0 Å². The van der Waals surface area contributed by atoms with Crippen LogP contribution in [0, 0.1) is 0 Å². The molecule has 11 heteroatoms. The maximum atomic E-state index is 13.1. The monoisotopic (exact) mass is 421 g/mol. The molecule has 0 bridgehead atoms. The van der Waals surface area contributed by atoms with E-state index in [0.29, 0.717) is 44.5 Å². The number of hydrogen-bond acceptors (Lipinski definition) is 7. The van der Waals surface area contributed by atoms with Crippen molar-refractivity contribution in [2.75, 3.05) is 19.6 Å². The van der Waals surface area contributed by atoms with Gasteiger partial charge in [0.15, 0.2) is 0 Å². The van der Waals surface area contributed by atoms with Crippen molar-refractivity contribution < 1.29 is 19.2 Å². The molecule has 2 heterocycles. The molecule has 0 spiro atoms. The van der Waals surface area contributed by atoms with E-state index < -0.39 is 29.9 Å². The smallest absolute Gasteiger partial charge is 0.245 e. The van der Waals surface area contributed by atoms with Crippen LogP contribution < -0.4 is 22.1 Å². The number of carbonyl (C=O) groups is 4. The quantitative estimate of drug-likeness (QED) is 0.195. The second-order valence-electron chi connectivity index (χ2n) is 7.33. The molecule has 7 N–H and O–H groups in total. The van der Waals surface area contributed by atoms with Gasteiger partial charge in [0.1, 0.15) is 18.4 Å². The minimum Gasteiger partial charge on any atom is -0.348 e. The van der Waals surface area contributed by atoms with Gasteiger partial charge in [0.05, 0.1) is 18.9 Å². The predicted octanol–water partition coefficient (Wildman–Crippen LogP) is -1.80. The van der Waals surface area contributed by atoms with E-state index in [4.69, 9.17) is 11.5 Å². The lowest BCUT2D eigenvalue weighted by Crippen LogP contribution is -2.56. The van der Waals surface area contributed by atoms with Crippen molar-refractivity contribution in [3.8, 4) is 0 Å². The molecule has 3 amide bonds. The number of nitrogens with zero attached hydrogens (tertiary/aromatic N) is 2. The van der Waals surface area contributed by atoms with Gasteiger partial charge in [0.25, 0.3) is 0 Å². The van der Waals surface area contributed by atoms with E-state index in [1.54, 1.807) is 6.20 Å². The van der Waals surface area contributed by atoms with Crippen LogP contribution in [0.3, 0.4) is 0 Å². The minimum absolute atomic E-state index is 0.169. The first-order chi connectivity index (χ1) is 14.5. The van der Waals surface area contributed by atoms with E-state index in [1.165, 1.54) is 11.2 Å². The summed E-state index contributed by atoms with van der Waals surface area (Å²) in [6.45, 7) is 0.692. The van der Waals surface area contributed by atoms with Gasteiger partial charge in [-0.3, -0.25) is 14.4 Å². The summed E-state index contributed by atoms with van der Waals surface area (Å²) in [4.78, 5) is 57.5. The zero-order valence-corrected chi connectivity index (χ0v) is 17.0. The molecule has 30 heavy (non-hydrogen) atoms. The van der Waals surface area contributed by atoms with E-state index in [0.717, 1.165) is 12.7 Å². The average Bonchev–Trinajstić information content (AvgIpc) is 3.43. The third-order valence-electron chi connectivity index (χ3n) is 5.12. The van der Waals surface area contributed by atoms with Crippen molar-refractivity contribution in [2.24, 2.45) is 11.5 Å². The first-order valence-electron chi connectivity index (χ1n) is 10.2. The van der Waals surface area contributed by atoms with Crippen LogP contribution in [0.5, 0.6) is 0 Å². The molecule has 1 aromatic rings. The number of aromatic amines is 1. The van der Waals surface area contributed by atoms with Gasteiger partial charge in [-0.05, 0) is 38.6 Å². The molecular weight excluding hydrogens is 390 g/mol. The number of imidazole rings is 1. The Labute approximate surface area is 175 Å². The molecule has 2 rings (SSSR count). The molecule has 0 saturated carbocycles. The van der Waals surface area contributed by atoms with E-state index in [9.17, 15) is 19.2 Å². The van der Waals surface area contributed by atoms with Crippen molar-refractivity contribution in [3.63, 3.8) is 0 Å². The lowest BCUT2D eigenvalue weighted by Gasteiger charge is -2.28. The maximum Gasteiger partial charge on any atom is 0.245 e. The van der Waals surface area contributed by atoms with Crippen LogP contribution in [-0.2, 0) is 25.6 Å². The summed E-state index contributed by atoms with van der Waals surface area (Å²) < 4.78 is 0. The lowest BCUT2D eigenvalue weighted by molar-refractivity contribution is -0.139.